The molecule has 0 aromatic carbocycles. The van der Waals surface area contributed by atoms with Gasteiger partial charge in [-0.05, 0) is 20.0 Å². The van der Waals surface area contributed by atoms with Crippen molar-refractivity contribution in [2.75, 3.05) is 26.7 Å². The van der Waals surface area contributed by atoms with Crippen LogP contribution in [0, 0.1) is 0 Å². The van der Waals surface area contributed by atoms with Gasteiger partial charge in [0.1, 0.15) is 6.10 Å². The van der Waals surface area contributed by atoms with Gasteiger partial charge in [0, 0.05) is 13.0 Å². The van der Waals surface area contributed by atoms with Crippen molar-refractivity contribution in [3.63, 3.8) is 0 Å². The molecule has 1 unspecified atom stereocenters. The zero-order chi connectivity index (χ0) is 11.3. The summed E-state index contributed by atoms with van der Waals surface area (Å²) >= 11 is 0. The fourth-order valence-electron chi connectivity index (χ4n) is 1.47. The normalized spacial score (nSPS) is 20.1. The van der Waals surface area contributed by atoms with Crippen molar-refractivity contribution in [3.05, 3.63) is 0 Å². The van der Waals surface area contributed by atoms with Crippen molar-refractivity contribution in [1.29, 1.82) is 0 Å². The molecule has 6 heteroatoms. The van der Waals surface area contributed by atoms with Crippen LogP contribution in [-0.2, 0) is 9.53 Å². The lowest BCUT2D eigenvalue weighted by Crippen LogP contribution is -2.32. The lowest BCUT2D eigenvalue weighted by atomic mass is 10.2. The van der Waals surface area contributed by atoms with E-state index in [9.17, 15) is 9.59 Å². The number of cyclic esters (lactones) is 1. The number of hydrogen-bond acceptors (Lipinski definition) is 4. The molecule has 0 saturated carbocycles. The molecule has 0 radical (unpaired) electrons. The molecule has 0 aromatic rings. The highest BCUT2D eigenvalue weighted by Gasteiger charge is 2.23. The molecule has 0 aliphatic carbocycles. The number of carboxylic acids is 1. The Hall–Kier alpha value is -1.30. The van der Waals surface area contributed by atoms with E-state index in [-0.39, 0.29) is 18.6 Å². The number of carbonyl (C=O) groups is 2. The van der Waals surface area contributed by atoms with Crippen LogP contribution in [0.25, 0.3) is 0 Å². The summed E-state index contributed by atoms with van der Waals surface area (Å²) in [7, 11) is 1.88. The number of hydrogen-bond donors (Lipinski definition) is 2. The molecule has 1 rings (SSSR count). The molecule has 1 amide bonds. The molecule has 1 saturated heterocycles. The van der Waals surface area contributed by atoms with Gasteiger partial charge in [0.05, 0.1) is 6.54 Å². The number of nitrogens with one attached hydrogen (secondary N) is 1. The van der Waals surface area contributed by atoms with Gasteiger partial charge in [-0.3, -0.25) is 4.79 Å². The van der Waals surface area contributed by atoms with Gasteiger partial charge in [-0.25, -0.2) is 4.79 Å². The third-order valence-corrected chi connectivity index (χ3v) is 2.19. The first kappa shape index (κ1) is 11.8. The van der Waals surface area contributed by atoms with E-state index in [1.807, 2.05) is 11.9 Å². The second kappa shape index (κ2) is 5.55. The average Bonchev–Trinajstić information content (AvgIpc) is 2.50. The van der Waals surface area contributed by atoms with Gasteiger partial charge in [-0.2, -0.15) is 0 Å². The van der Waals surface area contributed by atoms with E-state index < -0.39 is 5.97 Å². The summed E-state index contributed by atoms with van der Waals surface area (Å²) in [5.74, 6) is -0.780. The molecule has 6 nitrogen and oxygen atoms in total. The molecule has 1 atom stereocenters. The van der Waals surface area contributed by atoms with Crippen LogP contribution in [0.15, 0.2) is 0 Å². The van der Waals surface area contributed by atoms with Crippen LogP contribution in [0.5, 0.6) is 0 Å². The van der Waals surface area contributed by atoms with E-state index >= 15 is 0 Å². The van der Waals surface area contributed by atoms with Crippen LogP contribution >= 0.6 is 0 Å². The van der Waals surface area contributed by atoms with Crippen molar-refractivity contribution in [2.24, 2.45) is 0 Å². The Morgan fingerprint density at radius 1 is 1.73 bits per heavy atom. The lowest BCUT2D eigenvalue weighted by molar-refractivity contribution is -0.137. The number of ether oxygens (including phenoxy) is 1. The van der Waals surface area contributed by atoms with Gasteiger partial charge < -0.3 is 20.1 Å². The van der Waals surface area contributed by atoms with Gasteiger partial charge in [0.2, 0.25) is 0 Å². The summed E-state index contributed by atoms with van der Waals surface area (Å²) in [5.41, 5.74) is 0. The number of amides is 1. The van der Waals surface area contributed by atoms with E-state index in [0.29, 0.717) is 26.1 Å². The first-order valence-electron chi connectivity index (χ1n) is 4.92. The summed E-state index contributed by atoms with van der Waals surface area (Å²) in [4.78, 5) is 22.9. The number of rotatable bonds is 6. The third kappa shape index (κ3) is 4.64. The van der Waals surface area contributed by atoms with E-state index in [4.69, 9.17) is 9.84 Å². The fraction of sp³-hybridized carbons (Fsp3) is 0.778. The summed E-state index contributed by atoms with van der Waals surface area (Å²) in [5, 5.41) is 11.0. The van der Waals surface area contributed by atoms with Gasteiger partial charge >= 0.3 is 12.1 Å². The molecule has 1 heterocycles. The minimum Gasteiger partial charge on any atom is -0.481 e. The van der Waals surface area contributed by atoms with Crippen molar-refractivity contribution in [1.82, 2.24) is 10.2 Å². The second-order valence-electron chi connectivity index (χ2n) is 3.67. The summed E-state index contributed by atoms with van der Waals surface area (Å²) in [6.07, 6.45) is 0.290. The number of carbonyl (C=O) groups excluding carboxylic acids is 1. The minimum absolute atomic E-state index is 0.118. The van der Waals surface area contributed by atoms with Crippen LogP contribution in [0.2, 0.25) is 0 Å². The first-order valence-corrected chi connectivity index (χ1v) is 4.92. The maximum atomic E-state index is 10.7. The quantitative estimate of drug-likeness (QED) is 0.647. The molecule has 1 fully saturated rings. The Morgan fingerprint density at radius 3 is 3.00 bits per heavy atom. The lowest BCUT2D eigenvalue weighted by Gasteiger charge is -2.18. The summed E-state index contributed by atoms with van der Waals surface area (Å²) in [6, 6.07) is 0. The molecule has 86 valence electrons. The highest BCUT2D eigenvalue weighted by Crippen LogP contribution is 2.02. The Bertz CT molecular complexity index is 244. The Kier molecular flexibility index (Phi) is 4.36. The van der Waals surface area contributed by atoms with Crippen molar-refractivity contribution >= 4 is 12.1 Å². The van der Waals surface area contributed by atoms with Crippen LogP contribution in [-0.4, -0.2) is 54.9 Å². The number of nitrogens with zero attached hydrogens (tertiary/aromatic N) is 1. The zero-order valence-electron chi connectivity index (χ0n) is 8.73. The molecule has 1 aliphatic heterocycles. The number of carboxylic acid groups (broad SMARTS) is 1. The van der Waals surface area contributed by atoms with Crippen molar-refractivity contribution in [2.45, 2.75) is 18.9 Å². The van der Waals surface area contributed by atoms with Gasteiger partial charge in [-0.15, -0.1) is 0 Å². The SMILES string of the molecule is CN(CCCC(=O)O)CC1CNC(=O)O1. The maximum Gasteiger partial charge on any atom is 0.407 e. The van der Waals surface area contributed by atoms with Crippen molar-refractivity contribution in [3.8, 4) is 0 Å². The highest BCUT2D eigenvalue weighted by molar-refractivity contribution is 5.69. The predicted molar refractivity (Wildman–Crippen MR) is 52.6 cm³/mol. The molecule has 0 bridgehead atoms. The largest absolute Gasteiger partial charge is 0.481 e. The Labute approximate surface area is 88.2 Å². The summed E-state index contributed by atoms with van der Waals surface area (Å²) < 4.78 is 4.95. The van der Waals surface area contributed by atoms with Gasteiger partial charge in [0.25, 0.3) is 0 Å². The average molecular weight is 216 g/mol. The molecular formula is C9H16N2O4. The van der Waals surface area contributed by atoms with E-state index in [2.05, 4.69) is 5.32 Å². The molecule has 15 heavy (non-hydrogen) atoms. The summed E-state index contributed by atoms with van der Waals surface area (Å²) in [6.45, 7) is 1.86. The van der Waals surface area contributed by atoms with Crippen LogP contribution in [0.3, 0.4) is 0 Å². The Balaban J connectivity index is 2.10. The van der Waals surface area contributed by atoms with E-state index in [1.165, 1.54) is 0 Å². The third-order valence-electron chi connectivity index (χ3n) is 2.19. The molecular weight excluding hydrogens is 200 g/mol. The monoisotopic (exact) mass is 216 g/mol. The number of aliphatic carboxylic acids is 1. The number of likely N-dealkylation sites (N-methyl/N-ethyl adjacent to an activating group) is 1. The number of alkyl carbamates (subject to hydrolysis) is 1. The molecule has 0 aromatic heterocycles. The van der Waals surface area contributed by atoms with E-state index in [1.54, 1.807) is 0 Å². The Morgan fingerprint density at radius 2 is 2.47 bits per heavy atom. The molecule has 1 aliphatic rings. The zero-order valence-corrected chi connectivity index (χ0v) is 8.73. The van der Waals surface area contributed by atoms with Crippen LogP contribution in [0.4, 0.5) is 4.79 Å². The van der Waals surface area contributed by atoms with Gasteiger partial charge in [-0.1, -0.05) is 0 Å². The standard InChI is InChI=1S/C9H16N2O4/c1-11(4-2-3-8(12)13)6-7-5-10-9(14)15-7/h7H,2-6H2,1H3,(H,10,14)(H,12,13). The van der Waals surface area contributed by atoms with Gasteiger partial charge in [0.15, 0.2) is 0 Å². The molecule has 2 N–H and O–H groups in total. The molecule has 0 spiro atoms. The highest BCUT2D eigenvalue weighted by atomic mass is 16.6. The predicted octanol–water partition coefficient (Wildman–Crippen LogP) is -0.109. The maximum absolute atomic E-state index is 10.7. The van der Waals surface area contributed by atoms with Crippen molar-refractivity contribution < 1.29 is 19.4 Å². The topological polar surface area (TPSA) is 78.9 Å². The first-order chi connectivity index (χ1) is 7.08. The fourth-order valence-corrected chi connectivity index (χ4v) is 1.47. The van der Waals surface area contributed by atoms with Crippen LogP contribution < -0.4 is 5.32 Å². The second-order valence-corrected chi connectivity index (χ2v) is 3.67. The smallest absolute Gasteiger partial charge is 0.407 e. The van der Waals surface area contributed by atoms with E-state index in [0.717, 1.165) is 0 Å². The minimum atomic E-state index is -0.780. The van der Waals surface area contributed by atoms with Crippen LogP contribution in [0.1, 0.15) is 12.8 Å².